The Morgan fingerprint density at radius 1 is 1.38 bits per heavy atom. The first-order valence-corrected chi connectivity index (χ1v) is 5.06. The molecule has 1 N–H and O–H groups in total. The minimum atomic E-state index is -1.09. The van der Waals surface area contributed by atoms with Crippen LogP contribution in [0.5, 0.6) is 0 Å². The molecule has 0 saturated carbocycles. The van der Waals surface area contributed by atoms with Gasteiger partial charge in [-0.2, -0.15) is 0 Å². The standard InChI is InChI=1S/C11H22O2/c1-5-7-8-9-11(12,13-4)10(3)6-2/h12H,3,5-9H2,1-2,4H3. The number of methoxy groups -OCH3 is 1. The molecule has 1 atom stereocenters. The van der Waals surface area contributed by atoms with Crippen LogP contribution in [-0.4, -0.2) is 18.0 Å². The minimum absolute atomic E-state index is 0.657. The SMILES string of the molecule is C=C(CC)C(O)(CCCCC)OC. The van der Waals surface area contributed by atoms with Crippen molar-refractivity contribution < 1.29 is 9.84 Å². The molecule has 0 aliphatic heterocycles. The van der Waals surface area contributed by atoms with E-state index in [1.165, 1.54) is 7.11 Å². The van der Waals surface area contributed by atoms with Crippen molar-refractivity contribution in [1.82, 2.24) is 0 Å². The first kappa shape index (κ1) is 12.7. The zero-order chi connectivity index (χ0) is 10.3. The van der Waals surface area contributed by atoms with Gasteiger partial charge in [0.25, 0.3) is 0 Å². The summed E-state index contributed by atoms with van der Waals surface area (Å²) in [6, 6.07) is 0. The van der Waals surface area contributed by atoms with Crippen LogP contribution in [0.25, 0.3) is 0 Å². The summed E-state index contributed by atoms with van der Waals surface area (Å²) >= 11 is 0. The molecular formula is C11H22O2. The Bertz CT molecular complexity index is 154. The van der Waals surface area contributed by atoms with E-state index in [1.54, 1.807) is 0 Å². The molecule has 0 aliphatic carbocycles. The maximum absolute atomic E-state index is 9.99. The van der Waals surface area contributed by atoms with Crippen molar-refractivity contribution in [3.05, 3.63) is 12.2 Å². The molecule has 0 spiro atoms. The predicted octanol–water partition coefficient (Wildman–Crippen LogP) is 2.87. The topological polar surface area (TPSA) is 29.5 Å². The van der Waals surface area contributed by atoms with Crippen molar-refractivity contribution in [1.29, 1.82) is 0 Å². The third kappa shape index (κ3) is 3.92. The van der Waals surface area contributed by atoms with Gasteiger partial charge >= 0.3 is 0 Å². The van der Waals surface area contributed by atoms with E-state index in [2.05, 4.69) is 13.5 Å². The van der Waals surface area contributed by atoms with Gasteiger partial charge in [0.1, 0.15) is 0 Å². The second kappa shape index (κ2) is 6.17. The predicted molar refractivity (Wildman–Crippen MR) is 55.5 cm³/mol. The minimum Gasteiger partial charge on any atom is -0.362 e. The van der Waals surface area contributed by atoms with Crippen LogP contribution in [0.15, 0.2) is 12.2 Å². The van der Waals surface area contributed by atoms with Gasteiger partial charge in [-0.1, -0.05) is 33.3 Å². The van der Waals surface area contributed by atoms with Gasteiger partial charge in [-0.05, 0) is 18.4 Å². The van der Waals surface area contributed by atoms with Crippen molar-refractivity contribution in [2.45, 2.75) is 51.7 Å². The van der Waals surface area contributed by atoms with Crippen LogP contribution in [0.3, 0.4) is 0 Å². The average Bonchev–Trinajstić information content (AvgIpc) is 2.16. The molecule has 1 unspecified atom stereocenters. The summed E-state index contributed by atoms with van der Waals surface area (Å²) in [5.41, 5.74) is 0.770. The number of rotatable bonds is 7. The van der Waals surface area contributed by atoms with Crippen LogP contribution in [0.1, 0.15) is 46.0 Å². The Morgan fingerprint density at radius 2 is 2.00 bits per heavy atom. The molecule has 13 heavy (non-hydrogen) atoms. The Labute approximate surface area is 81.6 Å². The fraction of sp³-hybridized carbons (Fsp3) is 0.818. The smallest absolute Gasteiger partial charge is 0.187 e. The van der Waals surface area contributed by atoms with Gasteiger partial charge in [-0.15, -0.1) is 0 Å². The Hall–Kier alpha value is -0.340. The van der Waals surface area contributed by atoms with Gasteiger partial charge in [0.05, 0.1) is 0 Å². The van der Waals surface area contributed by atoms with E-state index < -0.39 is 5.79 Å². The van der Waals surface area contributed by atoms with E-state index in [0.29, 0.717) is 6.42 Å². The summed E-state index contributed by atoms with van der Waals surface area (Å²) in [5, 5.41) is 9.99. The Kier molecular flexibility index (Phi) is 6.00. The van der Waals surface area contributed by atoms with Crippen molar-refractivity contribution >= 4 is 0 Å². The van der Waals surface area contributed by atoms with Gasteiger partial charge in [-0.3, -0.25) is 0 Å². The van der Waals surface area contributed by atoms with E-state index in [-0.39, 0.29) is 0 Å². The zero-order valence-electron chi connectivity index (χ0n) is 9.10. The van der Waals surface area contributed by atoms with Gasteiger partial charge in [-0.25, -0.2) is 0 Å². The van der Waals surface area contributed by atoms with Crippen molar-refractivity contribution in [3.8, 4) is 0 Å². The Morgan fingerprint density at radius 3 is 2.38 bits per heavy atom. The second-order valence-electron chi connectivity index (χ2n) is 3.40. The van der Waals surface area contributed by atoms with Crippen molar-refractivity contribution in [2.24, 2.45) is 0 Å². The summed E-state index contributed by atoms with van der Waals surface area (Å²) in [4.78, 5) is 0. The molecule has 0 aromatic carbocycles. The Balaban J connectivity index is 4.03. The number of ether oxygens (including phenoxy) is 1. The molecule has 0 amide bonds. The lowest BCUT2D eigenvalue weighted by molar-refractivity contribution is -0.161. The van der Waals surface area contributed by atoms with E-state index >= 15 is 0 Å². The van der Waals surface area contributed by atoms with Crippen LogP contribution >= 0.6 is 0 Å². The van der Waals surface area contributed by atoms with E-state index in [4.69, 9.17) is 4.74 Å². The highest BCUT2D eigenvalue weighted by atomic mass is 16.6. The summed E-state index contributed by atoms with van der Waals surface area (Å²) < 4.78 is 5.09. The monoisotopic (exact) mass is 186 g/mol. The lowest BCUT2D eigenvalue weighted by Crippen LogP contribution is -2.32. The number of hydrogen-bond donors (Lipinski definition) is 1. The van der Waals surface area contributed by atoms with E-state index in [9.17, 15) is 5.11 Å². The molecule has 2 nitrogen and oxygen atoms in total. The second-order valence-corrected chi connectivity index (χ2v) is 3.40. The number of hydrogen-bond acceptors (Lipinski definition) is 2. The summed E-state index contributed by atoms with van der Waals surface area (Å²) in [7, 11) is 1.53. The highest BCUT2D eigenvalue weighted by molar-refractivity contribution is 5.06. The molecule has 78 valence electrons. The van der Waals surface area contributed by atoms with Gasteiger partial charge in [0.2, 0.25) is 0 Å². The lowest BCUT2D eigenvalue weighted by atomic mass is 9.98. The molecule has 0 rings (SSSR count). The van der Waals surface area contributed by atoms with Crippen LogP contribution in [-0.2, 0) is 4.74 Å². The highest BCUT2D eigenvalue weighted by Crippen LogP contribution is 2.25. The lowest BCUT2D eigenvalue weighted by Gasteiger charge is -2.28. The quantitative estimate of drug-likeness (QED) is 0.376. The molecule has 0 radical (unpaired) electrons. The highest BCUT2D eigenvalue weighted by Gasteiger charge is 2.27. The molecule has 0 saturated heterocycles. The average molecular weight is 186 g/mol. The molecule has 0 aliphatic rings. The zero-order valence-corrected chi connectivity index (χ0v) is 9.10. The van der Waals surface area contributed by atoms with Crippen LogP contribution in [0, 0.1) is 0 Å². The molecule has 2 heteroatoms. The first-order valence-electron chi connectivity index (χ1n) is 5.06. The fourth-order valence-electron chi connectivity index (χ4n) is 1.31. The van der Waals surface area contributed by atoms with E-state index in [0.717, 1.165) is 31.3 Å². The number of aliphatic hydroxyl groups is 1. The largest absolute Gasteiger partial charge is 0.362 e. The molecule has 0 fully saturated rings. The van der Waals surface area contributed by atoms with Crippen LogP contribution < -0.4 is 0 Å². The number of unbranched alkanes of at least 4 members (excludes halogenated alkanes) is 2. The van der Waals surface area contributed by atoms with Crippen molar-refractivity contribution in [2.75, 3.05) is 7.11 Å². The van der Waals surface area contributed by atoms with Gasteiger partial charge in [0, 0.05) is 13.5 Å². The van der Waals surface area contributed by atoms with Crippen LogP contribution in [0.2, 0.25) is 0 Å². The summed E-state index contributed by atoms with van der Waals surface area (Å²) in [6.07, 6.45) is 4.68. The summed E-state index contributed by atoms with van der Waals surface area (Å²) in [5.74, 6) is -1.09. The fourth-order valence-corrected chi connectivity index (χ4v) is 1.31. The molecule has 0 aromatic heterocycles. The van der Waals surface area contributed by atoms with Gasteiger partial charge < -0.3 is 9.84 Å². The summed E-state index contributed by atoms with van der Waals surface area (Å²) in [6.45, 7) is 7.94. The van der Waals surface area contributed by atoms with Gasteiger partial charge in [0.15, 0.2) is 5.79 Å². The molecule has 0 bridgehead atoms. The first-order chi connectivity index (χ1) is 6.10. The van der Waals surface area contributed by atoms with E-state index in [1.807, 2.05) is 6.92 Å². The maximum atomic E-state index is 9.99. The third-order valence-corrected chi connectivity index (χ3v) is 2.44. The maximum Gasteiger partial charge on any atom is 0.187 e. The van der Waals surface area contributed by atoms with Crippen LogP contribution in [0.4, 0.5) is 0 Å². The molecule has 0 heterocycles. The molecule has 0 aromatic rings. The van der Waals surface area contributed by atoms with Crippen molar-refractivity contribution in [3.63, 3.8) is 0 Å². The third-order valence-electron chi connectivity index (χ3n) is 2.44. The normalized spacial score (nSPS) is 15.4. The molecular weight excluding hydrogens is 164 g/mol.